The smallest absolute Gasteiger partial charge is 0.191 e. The molecule has 0 aromatic rings. The van der Waals surface area contributed by atoms with Crippen molar-refractivity contribution in [2.45, 2.75) is 40.2 Å². The predicted molar refractivity (Wildman–Crippen MR) is 112 cm³/mol. The molecule has 1 atom stereocenters. The van der Waals surface area contributed by atoms with Crippen molar-refractivity contribution in [2.75, 3.05) is 59.2 Å². The fraction of sp³-hybridized carbons (Fsp3) is 0.941. The van der Waals surface area contributed by atoms with Crippen LogP contribution in [0, 0.1) is 5.92 Å². The summed E-state index contributed by atoms with van der Waals surface area (Å²) >= 11 is 0. The van der Waals surface area contributed by atoms with Crippen LogP contribution in [0.25, 0.3) is 0 Å². The quantitative estimate of drug-likeness (QED) is 0.228. The number of rotatable bonds is 10. The van der Waals surface area contributed by atoms with Crippen molar-refractivity contribution in [1.82, 2.24) is 15.5 Å². The number of morpholine rings is 1. The van der Waals surface area contributed by atoms with E-state index < -0.39 is 0 Å². The Hall–Kier alpha value is -0.120. The number of hydrogen-bond acceptors (Lipinski definition) is 4. The van der Waals surface area contributed by atoms with Crippen LogP contribution in [0.2, 0.25) is 0 Å². The summed E-state index contributed by atoms with van der Waals surface area (Å²) in [7, 11) is 0. The molecule has 2 N–H and O–H groups in total. The monoisotopic (exact) mass is 456 g/mol. The third kappa shape index (κ3) is 10.7. The van der Waals surface area contributed by atoms with E-state index in [1.165, 1.54) is 6.42 Å². The molecule has 1 aliphatic heterocycles. The summed E-state index contributed by atoms with van der Waals surface area (Å²) < 4.78 is 10.8. The van der Waals surface area contributed by atoms with E-state index in [4.69, 9.17) is 14.5 Å². The highest BCUT2D eigenvalue weighted by molar-refractivity contribution is 14.0. The van der Waals surface area contributed by atoms with E-state index in [9.17, 15) is 0 Å². The van der Waals surface area contributed by atoms with Gasteiger partial charge in [0, 0.05) is 38.8 Å². The van der Waals surface area contributed by atoms with Crippen molar-refractivity contribution < 1.29 is 9.47 Å². The molecule has 0 aliphatic carbocycles. The zero-order chi connectivity index (χ0) is 16.9. The Balaban J connectivity index is 0.00000529. The molecule has 0 bridgehead atoms. The van der Waals surface area contributed by atoms with Crippen molar-refractivity contribution in [2.24, 2.45) is 10.9 Å². The standard InChI is InChI=1S/C17H36N4O2.HI/c1-5-18-17(19-7-10-22-6-2)20-14-16(13-15(3)4)21-8-11-23-12-9-21;/h15-16H,5-14H2,1-4H3,(H2,18,19,20);1H. The molecule has 0 spiro atoms. The SMILES string of the molecule is CCNC(=NCC(CC(C)C)N1CCOCC1)NCCOCC.I. The maximum atomic E-state index is 5.48. The molecule has 0 aromatic carbocycles. The largest absolute Gasteiger partial charge is 0.380 e. The van der Waals surface area contributed by atoms with Crippen LogP contribution in [0.5, 0.6) is 0 Å². The maximum absolute atomic E-state index is 5.48. The fourth-order valence-electron chi connectivity index (χ4n) is 2.75. The first-order valence-corrected chi connectivity index (χ1v) is 9.09. The van der Waals surface area contributed by atoms with E-state index in [-0.39, 0.29) is 24.0 Å². The lowest BCUT2D eigenvalue weighted by molar-refractivity contribution is 0.0143. The van der Waals surface area contributed by atoms with Crippen molar-refractivity contribution >= 4 is 29.9 Å². The molecule has 1 fully saturated rings. The lowest BCUT2D eigenvalue weighted by Crippen LogP contribution is -2.46. The van der Waals surface area contributed by atoms with Gasteiger partial charge >= 0.3 is 0 Å². The molecule has 7 heteroatoms. The molecule has 1 heterocycles. The van der Waals surface area contributed by atoms with Gasteiger partial charge in [-0.3, -0.25) is 9.89 Å². The van der Waals surface area contributed by atoms with Crippen LogP contribution >= 0.6 is 24.0 Å². The molecule has 6 nitrogen and oxygen atoms in total. The first-order chi connectivity index (χ1) is 11.2. The zero-order valence-corrected chi connectivity index (χ0v) is 18.2. The second-order valence-electron chi connectivity index (χ2n) is 6.28. The summed E-state index contributed by atoms with van der Waals surface area (Å²) in [5.41, 5.74) is 0. The van der Waals surface area contributed by atoms with Gasteiger partial charge in [-0.05, 0) is 26.2 Å². The van der Waals surface area contributed by atoms with Crippen LogP contribution in [-0.2, 0) is 9.47 Å². The molecular weight excluding hydrogens is 419 g/mol. The average molecular weight is 456 g/mol. The van der Waals surface area contributed by atoms with Gasteiger partial charge in [0.1, 0.15) is 0 Å². The van der Waals surface area contributed by atoms with E-state index in [0.717, 1.165) is 58.5 Å². The molecule has 0 amide bonds. The topological polar surface area (TPSA) is 58.1 Å². The third-order valence-corrected chi connectivity index (χ3v) is 3.85. The molecule has 144 valence electrons. The summed E-state index contributed by atoms with van der Waals surface area (Å²) in [6, 6.07) is 0.487. The number of hydrogen-bond donors (Lipinski definition) is 2. The summed E-state index contributed by atoms with van der Waals surface area (Å²) in [6.45, 7) is 16.3. The summed E-state index contributed by atoms with van der Waals surface area (Å²) in [4.78, 5) is 7.32. The van der Waals surface area contributed by atoms with E-state index in [2.05, 4.69) is 36.3 Å². The van der Waals surface area contributed by atoms with Gasteiger partial charge < -0.3 is 20.1 Å². The van der Waals surface area contributed by atoms with E-state index in [0.29, 0.717) is 18.6 Å². The Kier molecular flexibility index (Phi) is 15.1. The Morgan fingerprint density at radius 2 is 1.92 bits per heavy atom. The van der Waals surface area contributed by atoms with Crippen LogP contribution in [0.1, 0.15) is 34.1 Å². The van der Waals surface area contributed by atoms with E-state index in [1.807, 2.05) is 6.92 Å². The number of ether oxygens (including phenoxy) is 2. The van der Waals surface area contributed by atoms with Gasteiger partial charge in [0.25, 0.3) is 0 Å². The van der Waals surface area contributed by atoms with Crippen molar-refractivity contribution in [3.05, 3.63) is 0 Å². The maximum Gasteiger partial charge on any atom is 0.191 e. The molecule has 0 aromatic heterocycles. The summed E-state index contributed by atoms with van der Waals surface area (Å²) in [6.07, 6.45) is 1.17. The lowest BCUT2D eigenvalue weighted by Gasteiger charge is -2.34. The normalized spacial score (nSPS) is 17.5. The van der Waals surface area contributed by atoms with Crippen molar-refractivity contribution in [3.8, 4) is 0 Å². The van der Waals surface area contributed by atoms with Crippen molar-refractivity contribution in [1.29, 1.82) is 0 Å². The van der Waals surface area contributed by atoms with Gasteiger partial charge in [0.15, 0.2) is 5.96 Å². The van der Waals surface area contributed by atoms with Crippen LogP contribution in [0.15, 0.2) is 4.99 Å². The first-order valence-electron chi connectivity index (χ1n) is 9.09. The first kappa shape index (κ1) is 23.9. The highest BCUT2D eigenvalue weighted by atomic mass is 127. The second-order valence-corrected chi connectivity index (χ2v) is 6.28. The summed E-state index contributed by atoms with van der Waals surface area (Å²) in [5.74, 6) is 1.56. The van der Waals surface area contributed by atoms with Gasteiger partial charge in [-0.15, -0.1) is 24.0 Å². The third-order valence-electron chi connectivity index (χ3n) is 3.85. The number of halogens is 1. The number of nitrogens with zero attached hydrogens (tertiary/aromatic N) is 2. The van der Waals surface area contributed by atoms with E-state index >= 15 is 0 Å². The van der Waals surface area contributed by atoms with Gasteiger partial charge in [-0.25, -0.2) is 0 Å². The minimum atomic E-state index is 0. The van der Waals surface area contributed by atoms with Crippen LogP contribution in [0.4, 0.5) is 0 Å². The Labute approximate surface area is 165 Å². The van der Waals surface area contributed by atoms with Gasteiger partial charge in [0.2, 0.25) is 0 Å². The minimum absolute atomic E-state index is 0. The van der Waals surface area contributed by atoms with Crippen LogP contribution in [-0.4, -0.2) is 76.1 Å². The van der Waals surface area contributed by atoms with E-state index in [1.54, 1.807) is 0 Å². The number of aliphatic imine (C=N–C) groups is 1. The Morgan fingerprint density at radius 1 is 1.21 bits per heavy atom. The average Bonchev–Trinajstić information content (AvgIpc) is 2.55. The summed E-state index contributed by atoms with van der Waals surface area (Å²) in [5, 5.41) is 6.65. The molecular formula is C17H37IN4O2. The number of nitrogens with one attached hydrogen (secondary N) is 2. The number of guanidine groups is 1. The fourth-order valence-corrected chi connectivity index (χ4v) is 2.75. The zero-order valence-electron chi connectivity index (χ0n) is 15.8. The predicted octanol–water partition coefficient (Wildman–Crippen LogP) is 1.94. The molecule has 1 aliphatic rings. The molecule has 1 saturated heterocycles. The lowest BCUT2D eigenvalue weighted by atomic mass is 10.0. The molecule has 1 unspecified atom stereocenters. The van der Waals surface area contributed by atoms with Gasteiger partial charge in [0.05, 0.1) is 26.4 Å². The Bertz CT molecular complexity index is 324. The molecule has 1 rings (SSSR count). The van der Waals surface area contributed by atoms with Crippen LogP contribution < -0.4 is 10.6 Å². The van der Waals surface area contributed by atoms with Gasteiger partial charge in [-0.2, -0.15) is 0 Å². The highest BCUT2D eigenvalue weighted by Crippen LogP contribution is 2.14. The molecule has 24 heavy (non-hydrogen) atoms. The second kappa shape index (κ2) is 15.2. The molecule has 0 radical (unpaired) electrons. The van der Waals surface area contributed by atoms with Crippen molar-refractivity contribution in [3.63, 3.8) is 0 Å². The highest BCUT2D eigenvalue weighted by Gasteiger charge is 2.21. The minimum Gasteiger partial charge on any atom is -0.380 e. The van der Waals surface area contributed by atoms with Crippen LogP contribution in [0.3, 0.4) is 0 Å². The molecule has 0 saturated carbocycles. The Morgan fingerprint density at radius 3 is 2.50 bits per heavy atom. The van der Waals surface area contributed by atoms with Gasteiger partial charge in [-0.1, -0.05) is 13.8 Å².